The average molecular weight is 295 g/mol. The monoisotopic (exact) mass is 295 g/mol. The fourth-order valence-electron chi connectivity index (χ4n) is 3.02. The number of nitrogens with zero attached hydrogens (tertiary/aromatic N) is 1. The van der Waals surface area contributed by atoms with Gasteiger partial charge in [0.25, 0.3) is 0 Å². The number of benzene rings is 2. The minimum Gasteiger partial charge on any atom is -0.366 e. The van der Waals surface area contributed by atoms with Crippen LogP contribution in [0.25, 0.3) is 0 Å². The number of nitrogens with two attached hydrogens (primary N) is 1. The number of carbonyl (C=O) groups excluding carboxylic acids is 1. The first-order valence-electron chi connectivity index (χ1n) is 7.65. The lowest BCUT2D eigenvalue weighted by atomic mass is 9.95. The fraction of sp³-hybridized carbons (Fsp3) is 0.278. The highest BCUT2D eigenvalue weighted by Gasteiger charge is 2.23. The van der Waals surface area contributed by atoms with E-state index in [1.54, 1.807) is 0 Å². The van der Waals surface area contributed by atoms with Crippen LogP contribution >= 0.6 is 0 Å². The van der Waals surface area contributed by atoms with E-state index in [-0.39, 0.29) is 11.9 Å². The van der Waals surface area contributed by atoms with Crippen molar-refractivity contribution in [3.8, 4) is 0 Å². The molecule has 1 atom stereocenters. The Bertz CT molecular complexity index is 619. The molecule has 4 nitrogen and oxygen atoms in total. The molecule has 3 rings (SSSR count). The van der Waals surface area contributed by atoms with E-state index in [4.69, 9.17) is 5.73 Å². The molecule has 1 amide bonds. The Kier molecular flexibility index (Phi) is 4.51. The van der Waals surface area contributed by atoms with Gasteiger partial charge < -0.3 is 11.1 Å². The smallest absolute Gasteiger partial charge is 0.248 e. The third-order valence-corrected chi connectivity index (χ3v) is 4.14. The maximum atomic E-state index is 11.3. The first-order valence-corrected chi connectivity index (χ1v) is 7.65. The molecule has 0 radical (unpaired) electrons. The predicted octanol–water partition coefficient (Wildman–Crippen LogP) is 1.78. The van der Waals surface area contributed by atoms with E-state index in [0.717, 1.165) is 26.2 Å². The Balaban J connectivity index is 1.95. The molecule has 2 aromatic carbocycles. The molecule has 2 aromatic rings. The second kappa shape index (κ2) is 6.73. The molecule has 0 saturated carbocycles. The molecule has 0 spiro atoms. The van der Waals surface area contributed by atoms with Crippen LogP contribution in [0.1, 0.15) is 27.5 Å². The molecule has 1 heterocycles. The quantitative estimate of drug-likeness (QED) is 0.904. The van der Waals surface area contributed by atoms with Gasteiger partial charge in [0.05, 0.1) is 6.04 Å². The Hall–Kier alpha value is -2.17. The molecule has 22 heavy (non-hydrogen) atoms. The van der Waals surface area contributed by atoms with Gasteiger partial charge in [0.2, 0.25) is 5.91 Å². The number of piperazine rings is 1. The third-order valence-electron chi connectivity index (χ3n) is 4.14. The first kappa shape index (κ1) is 14.8. The van der Waals surface area contributed by atoms with Crippen molar-refractivity contribution in [2.24, 2.45) is 5.73 Å². The van der Waals surface area contributed by atoms with Gasteiger partial charge in [-0.05, 0) is 23.3 Å². The summed E-state index contributed by atoms with van der Waals surface area (Å²) >= 11 is 0. The predicted molar refractivity (Wildman–Crippen MR) is 87.7 cm³/mol. The summed E-state index contributed by atoms with van der Waals surface area (Å²) in [4.78, 5) is 13.7. The number of hydrogen-bond donors (Lipinski definition) is 2. The van der Waals surface area contributed by atoms with Crippen LogP contribution in [0.3, 0.4) is 0 Å². The Morgan fingerprint density at radius 3 is 2.14 bits per heavy atom. The Labute approximate surface area is 130 Å². The van der Waals surface area contributed by atoms with Crippen molar-refractivity contribution in [1.29, 1.82) is 0 Å². The van der Waals surface area contributed by atoms with E-state index in [9.17, 15) is 4.79 Å². The molecule has 1 aliphatic heterocycles. The van der Waals surface area contributed by atoms with E-state index in [1.807, 2.05) is 30.3 Å². The summed E-state index contributed by atoms with van der Waals surface area (Å²) in [6.07, 6.45) is 0. The van der Waals surface area contributed by atoms with Gasteiger partial charge in [-0.3, -0.25) is 9.69 Å². The van der Waals surface area contributed by atoms with Crippen molar-refractivity contribution < 1.29 is 4.79 Å². The minimum absolute atomic E-state index is 0.213. The molecular formula is C18H21N3O. The van der Waals surface area contributed by atoms with Crippen LogP contribution in [0.4, 0.5) is 0 Å². The standard InChI is InChI=1S/C18H21N3O/c19-18(22)16-8-6-15(7-9-16)17(14-4-2-1-3-5-14)21-12-10-20-11-13-21/h1-9,17,20H,10-13H2,(H2,19,22)/t17-/m0/s1. The van der Waals surface area contributed by atoms with E-state index in [1.165, 1.54) is 11.1 Å². The highest BCUT2D eigenvalue weighted by molar-refractivity contribution is 5.92. The maximum Gasteiger partial charge on any atom is 0.248 e. The normalized spacial score (nSPS) is 17.1. The van der Waals surface area contributed by atoms with Crippen LogP contribution in [0.2, 0.25) is 0 Å². The lowest BCUT2D eigenvalue weighted by Crippen LogP contribution is -2.45. The van der Waals surface area contributed by atoms with Crippen molar-refractivity contribution in [2.75, 3.05) is 26.2 Å². The van der Waals surface area contributed by atoms with Crippen molar-refractivity contribution >= 4 is 5.91 Å². The summed E-state index contributed by atoms with van der Waals surface area (Å²) in [7, 11) is 0. The molecule has 4 heteroatoms. The number of carbonyl (C=O) groups is 1. The molecule has 0 aliphatic carbocycles. The molecule has 0 aromatic heterocycles. The van der Waals surface area contributed by atoms with Crippen LogP contribution in [0, 0.1) is 0 Å². The molecular weight excluding hydrogens is 274 g/mol. The zero-order chi connectivity index (χ0) is 15.4. The summed E-state index contributed by atoms with van der Waals surface area (Å²) in [6, 6.07) is 18.4. The summed E-state index contributed by atoms with van der Waals surface area (Å²) < 4.78 is 0. The third kappa shape index (κ3) is 3.18. The van der Waals surface area contributed by atoms with Crippen LogP contribution < -0.4 is 11.1 Å². The number of nitrogens with one attached hydrogen (secondary N) is 1. The lowest BCUT2D eigenvalue weighted by molar-refractivity contribution is 0.1000. The number of amides is 1. The fourth-order valence-corrected chi connectivity index (χ4v) is 3.02. The van der Waals surface area contributed by atoms with Crippen LogP contribution in [0.5, 0.6) is 0 Å². The van der Waals surface area contributed by atoms with Gasteiger partial charge in [0.1, 0.15) is 0 Å². The summed E-state index contributed by atoms with van der Waals surface area (Å²) in [5, 5.41) is 3.39. The van der Waals surface area contributed by atoms with Crippen LogP contribution in [-0.4, -0.2) is 37.0 Å². The van der Waals surface area contributed by atoms with Gasteiger partial charge in [0.15, 0.2) is 0 Å². The second-order valence-electron chi connectivity index (χ2n) is 5.59. The van der Waals surface area contributed by atoms with Crippen LogP contribution in [-0.2, 0) is 0 Å². The molecule has 1 fully saturated rings. The summed E-state index contributed by atoms with van der Waals surface area (Å²) in [5.74, 6) is -0.384. The van der Waals surface area contributed by atoms with Gasteiger partial charge in [-0.1, -0.05) is 42.5 Å². The van der Waals surface area contributed by atoms with Gasteiger partial charge in [0, 0.05) is 31.7 Å². The average Bonchev–Trinajstić information content (AvgIpc) is 2.57. The van der Waals surface area contributed by atoms with Gasteiger partial charge in [-0.2, -0.15) is 0 Å². The molecule has 1 aliphatic rings. The number of rotatable bonds is 4. The second-order valence-corrected chi connectivity index (χ2v) is 5.59. The van der Waals surface area contributed by atoms with Crippen LogP contribution in [0.15, 0.2) is 54.6 Å². The molecule has 0 bridgehead atoms. The van der Waals surface area contributed by atoms with E-state index in [2.05, 4.69) is 34.5 Å². The molecule has 1 saturated heterocycles. The number of primary amides is 1. The van der Waals surface area contributed by atoms with E-state index < -0.39 is 0 Å². The number of hydrogen-bond acceptors (Lipinski definition) is 3. The van der Waals surface area contributed by atoms with Crippen molar-refractivity contribution in [3.63, 3.8) is 0 Å². The first-order chi connectivity index (χ1) is 10.8. The highest BCUT2D eigenvalue weighted by atomic mass is 16.1. The largest absolute Gasteiger partial charge is 0.366 e. The zero-order valence-corrected chi connectivity index (χ0v) is 12.5. The van der Waals surface area contributed by atoms with E-state index >= 15 is 0 Å². The molecule has 3 N–H and O–H groups in total. The van der Waals surface area contributed by atoms with Gasteiger partial charge in [-0.25, -0.2) is 0 Å². The van der Waals surface area contributed by atoms with Crippen molar-refractivity contribution in [1.82, 2.24) is 10.2 Å². The zero-order valence-electron chi connectivity index (χ0n) is 12.5. The van der Waals surface area contributed by atoms with Gasteiger partial charge >= 0.3 is 0 Å². The summed E-state index contributed by atoms with van der Waals surface area (Å²) in [6.45, 7) is 4.03. The van der Waals surface area contributed by atoms with Crippen molar-refractivity contribution in [3.05, 3.63) is 71.3 Å². The maximum absolute atomic E-state index is 11.3. The Morgan fingerprint density at radius 1 is 0.955 bits per heavy atom. The van der Waals surface area contributed by atoms with Crippen molar-refractivity contribution in [2.45, 2.75) is 6.04 Å². The summed E-state index contributed by atoms with van der Waals surface area (Å²) in [5.41, 5.74) is 8.35. The molecule has 114 valence electrons. The molecule has 0 unspecified atom stereocenters. The SMILES string of the molecule is NC(=O)c1ccc([C@H](c2ccccc2)N2CCNCC2)cc1. The topological polar surface area (TPSA) is 58.4 Å². The minimum atomic E-state index is -0.384. The van der Waals surface area contributed by atoms with E-state index in [0.29, 0.717) is 5.56 Å². The highest BCUT2D eigenvalue weighted by Crippen LogP contribution is 2.29. The Morgan fingerprint density at radius 2 is 1.55 bits per heavy atom. The lowest BCUT2D eigenvalue weighted by Gasteiger charge is -2.35. The van der Waals surface area contributed by atoms with Gasteiger partial charge in [-0.15, -0.1) is 0 Å².